The number of ether oxygens (including phenoxy) is 3. The molecule has 5 aromatic rings. The molecule has 214 valence electrons. The summed E-state index contributed by atoms with van der Waals surface area (Å²) in [7, 11) is 3.44. The fraction of sp³-hybridized carbons (Fsp3) is 0.233. The number of halogens is 3. The first-order chi connectivity index (χ1) is 20.1. The van der Waals surface area contributed by atoms with Crippen LogP contribution in [0, 0.1) is 0 Å². The number of nitrogens with zero attached hydrogens (tertiary/aromatic N) is 5. The fourth-order valence-corrected chi connectivity index (χ4v) is 5.89. The quantitative estimate of drug-likeness (QED) is 0.225. The van der Waals surface area contributed by atoms with Crippen LogP contribution < -0.4 is 19.1 Å². The molecule has 1 amide bonds. The molecule has 12 heteroatoms. The Morgan fingerprint density at radius 3 is 2.50 bits per heavy atom. The Labute approximate surface area is 243 Å². The Bertz CT molecular complexity index is 1900. The number of fused-ring (bicyclic) bond motifs is 3. The van der Waals surface area contributed by atoms with Crippen LogP contribution in [-0.2, 0) is 7.05 Å². The van der Waals surface area contributed by atoms with Gasteiger partial charge in [-0.05, 0) is 49.7 Å². The molecule has 0 bridgehead atoms. The highest BCUT2D eigenvalue weighted by molar-refractivity contribution is 6.30. The number of methoxy groups -OCH3 is 1. The molecule has 0 saturated carbocycles. The number of anilines is 1. The summed E-state index contributed by atoms with van der Waals surface area (Å²) in [6.45, 7) is 4.02. The van der Waals surface area contributed by atoms with Gasteiger partial charge in [0.1, 0.15) is 17.6 Å². The van der Waals surface area contributed by atoms with Crippen molar-refractivity contribution in [3.8, 4) is 28.6 Å². The highest BCUT2D eigenvalue weighted by atomic mass is 35.5. The summed E-state index contributed by atoms with van der Waals surface area (Å²) in [6.07, 6.45) is -2.02. The van der Waals surface area contributed by atoms with Crippen LogP contribution in [0.25, 0.3) is 22.3 Å². The normalized spacial score (nSPS) is 17.0. The van der Waals surface area contributed by atoms with Crippen LogP contribution >= 0.6 is 11.6 Å². The lowest BCUT2D eigenvalue weighted by atomic mass is 10.0. The second kappa shape index (κ2) is 9.18. The number of alkyl halides is 2. The SMILES string of the molecule is COc1cc2c(cnn2C)cc1-c1nc2c(n1C(C)C)C(c1ccc(Cl)cc1)N(c1ccc3c(c1)OC(F)(F)O3)C2=O. The van der Waals surface area contributed by atoms with Crippen LogP contribution in [0.4, 0.5) is 14.5 Å². The molecular weight excluding hydrogens is 568 g/mol. The van der Waals surface area contributed by atoms with Crippen molar-refractivity contribution >= 4 is 34.1 Å². The van der Waals surface area contributed by atoms with Crippen molar-refractivity contribution in [3.05, 3.63) is 82.8 Å². The number of aryl methyl sites for hydroxylation is 1. The van der Waals surface area contributed by atoms with Crippen molar-refractivity contribution in [3.63, 3.8) is 0 Å². The number of carbonyl (C=O) groups excluding carboxylic acids is 1. The standard InChI is InChI=1S/C30H24ClF2N5O4/c1-15(2)37-27-25(35-28(37)20-11-17-14-34-36(3)21(17)13-23(20)40-4)29(39)38(26(27)16-5-7-18(31)8-6-16)19-9-10-22-24(12-19)42-30(32,33)41-22/h5-15,26H,1-4H3. The lowest BCUT2D eigenvalue weighted by Gasteiger charge is -2.28. The summed E-state index contributed by atoms with van der Waals surface area (Å²) < 4.78 is 46.4. The molecule has 42 heavy (non-hydrogen) atoms. The van der Waals surface area contributed by atoms with Crippen LogP contribution in [0.15, 0.2) is 60.8 Å². The summed E-state index contributed by atoms with van der Waals surface area (Å²) in [4.78, 5) is 20.7. The summed E-state index contributed by atoms with van der Waals surface area (Å²) in [6, 6.07) is 14.5. The topological polar surface area (TPSA) is 83.6 Å². The Morgan fingerprint density at radius 1 is 1.05 bits per heavy atom. The zero-order valence-corrected chi connectivity index (χ0v) is 23.7. The summed E-state index contributed by atoms with van der Waals surface area (Å²) in [5.41, 5.74) is 3.61. The molecule has 7 rings (SSSR count). The van der Waals surface area contributed by atoms with E-state index in [1.807, 2.05) is 49.7 Å². The summed E-state index contributed by atoms with van der Waals surface area (Å²) in [5.74, 6) is 0.487. The molecule has 2 aliphatic heterocycles. The minimum atomic E-state index is -3.78. The third-order valence-electron chi connectivity index (χ3n) is 7.56. The lowest BCUT2D eigenvalue weighted by Crippen LogP contribution is -2.30. The Balaban J connectivity index is 1.44. The van der Waals surface area contributed by atoms with Crippen LogP contribution in [0.3, 0.4) is 0 Å². The van der Waals surface area contributed by atoms with Gasteiger partial charge in [-0.2, -0.15) is 5.10 Å². The number of hydrogen-bond acceptors (Lipinski definition) is 6. The van der Waals surface area contributed by atoms with Gasteiger partial charge in [0.15, 0.2) is 17.2 Å². The number of imidazole rings is 1. The molecule has 0 saturated heterocycles. The molecule has 0 fully saturated rings. The van der Waals surface area contributed by atoms with Crippen molar-refractivity contribution in [1.29, 1.82) is 0 Å². The van der Waals surface area contributed by atoms with Gasteiger partial charge in [0, 0.05) is 41.3 Å². The number of rotatable bonds is 5. The van der Waals surface area contributed by atoms with Gasteiger partial charge in [-0.25, -0.2) is 4.98 Å². The van der Waals surface area contributed by atoms with Crippen LogP contribution in [0.5, 0.6) is 17.2 Å². The minimum absolute atomic E-state index is 0.110. The molecule has 0 N–H and O–H groups in total. The van der Waals surface area contributed by atoms with Crippen molar-refractivity contribution in [2.45, 2.75) is 32.2 Å². The van der Waals surface area contributed by atoms with Crippen LogP contribution in [0.2, 0.25) is 5.02 Å². The Hall–Kier alpha value is -4.64. The molecule has 9 nitrogen and oxygen atoms in total. The van der Waals surface area contributed by atoms with Crippen molar-refractivity contribution in [1.82, 2.24) is 19.3 Å². The minimum Gasteiger partial charge on any atom is -0.496 e. The van der Waals surface area contributed by atoms with Gasteiger partial charge in [-0.3, -0.25) is 14.4 Å². The van der Waals surface area contributed by atoms with E-state index >= 15 is 0 Å². The highest BCUT2D eigenvalue weighted by Gasteiger charge is 2.47. The number of aromatic nitrogens is 4. The predicted molar refractivity (Wildman–Crippen MR) is 152 cm³/mol. The van der Waals surface area contributed by atoms with E-state index in [0.29, 0.717) is 33.5 Å². The molecule has 2 aromatic heterocycles. The van der Waals surface area contributed by atoms with E-state index in [1.165, 1.54) is 17.0 Å². The molecule has 0 radical (unpaired) electrons. The van der Waals surface area contributed by atoms with Gasteiger partial charge in [0.2, 0.25) is 0 Å². The van der Waals surface area contributed by atoms with Crippen LogP contribution in [0.1, 0.15) is 47.7 Å². The molecule has 0 aliphatic carbocycles. The number of benzene rings is 3. The molecule has 4 heterocycles. The second-order valence-electron chi connectivity index (χ2n) is 10.4. The lowest BCUT2D eigenvalue weighted by molar-refractivity contribution is -0.286. The van der Waals surface area contributed by atoms with Gasteiger partial charge in [0.25, 0.3) is 5.91 Å². The first kappa shape index (κ1) is 26.3. The van der Waals surface area contributed by atoms with E-state index in [2.05, 4.69) is 9.84 Å². The third-order valence-corrected chi connectivity index (χ3v) is 7.81. The van der Waals surface area contributed by atoms with Gasteiger partial charge in [-0.15, -0.1) is 8.78 Å². The largest absolute Gasteiger partial charge is 0.586 e. The van der Waals surface area contributed by atoms with Crippen molar-refractivity contribution < 1.29 is 27.8 Å². The number of amides is 1. The summed E-state index contributed by atoms with van der Waals surface area (Å²) in [5, 5.41) is 5.79. The van der Waals surface area contributed by atoms with Gasteiger partial charge in [-0.1, -0.05) is 23.7 Å². The van der Waals surface area contributed by atoms with E-state index in [1.54, 1.807) is 36.2 Å². The zero-order valence-electron chi connectivity index (χ0n) is 22.9. The van der Waals surface area contributed by atoms with Gasteiger partial charge >= 0.3 is 6.29 Å². The molecular formula is C30H24ClF2N5O4. The zero-order chi connectivity index (χ0) is 29.5. The average molecular weight is 592 g/mol. The Morgan fingerprint density at radius 2 is 1.79 bits per heavy atom. The molecule has 1 atom stereocenters. The fourth-order valence-electron chi connectivity index (χ4n) is 5.76. The van der Waals surface area contributed by atoms with Gasteiger partial charge in [0.05, 0.1) is 30.1 Å². The summed E-state index contributed by atoms with van der Waals surface area (Å²) >= 11 is 6.22. The third kappa shape index (κ3) is 3.91. The van der Waals surface area contributed by atoms with E-state index in [9.17, 15) is 13.6 Å². The predicted octanol–water partition coefficient (Wildman–Crippen LogP) is 6.75. The van der Waals surface area contributed by atoms with E-state index < -0.39 is 18.2 Å². The number of carbonyl (C=O) groups is 1. The van der Waals surface area contributed by atoms with E-state index in [4.69, 9.17) is 26.1 Å². The first-order valence-corrected chi connectivity index (χ1v) is 13.5. The van der Waals surface area contributed by atoms with Gasteiger partial charge < -0.3 is 18.8 Å². The van der Waals surface area contributed by atoms with E-state index in [-0.39, 0.29) is 23.2 Å². The van der Waals surface area contributed by atoms with E-state index in [0.717, 1.165) is 16.5 Å². The maximum absolute atomic E-state index is 14.2. The maximum atomic E-state index is 14.2. The number of hydrogen-bond donors (Lipinski definition) is 0. The van der Waals surface area contributed by atoms with Crippen LogP contribution in [-0.4, -0.2) is 38.6 Å². The smallest absolute Gasteiger partial charge is 0.496 e. The first-order valence-electron chi connectivity index (χ1n) is 13.2. The molecule has 2 aliphatic rings. The Kier molecular flexibility index (Phi) is 5.74. The average Bonchev–Trinajstić information content (AvgIpc) is 3.67. The monoisotopic (exact) mass is 591 g/mol. The van der Waals surface area contributed by atoms with Crippen molar-refractivity contribution in [2.75, 3.05) is 12.0 Å². The van der Waals surface area contributed by atoms with Crippen molar-refractivity contribution in [2.24, 2.45) is 7.05 Å². The highest BCUT2D eigenvalue weighted by Crippen LogP contribution is 2.49. The molecule has 0 spiro atoms. The second-order valence-corrected chi connectivity index (χ2v) is 10.9. The molecule has 3 aromatic carbocycles. The molecule has 1 unspecified atom stereocenters. The maximum Gasteiger partial charge on any atom is 0.586 e.